The third-order valence-electron chi connectivity index (χ3n) is 4.92. The largest absolute Gasteiger partial charge is 0.760 e. The zero-order valence-electron chi connectivity index (χ0n) is 18.0. The predicted molar refractivity (Wildman–Crippen MR) is 120 cm³/mol. The van der Waals surface area contributed by atoms with Crippen molar-refractivity contribution in [2.45, 2.75) is 19.2 Å². The lowest BCUT2D eigenvalue weighted by atomic mass is 10.0. The minimum atomic E-state index is -2.36. The molecule has 3 N–H and O–H groups in total. The summed E-state index contributed by atoms with van der Waals surface area (Å²) in [7, 11) is 3.36. The van der Waals surface area contributed by atoms with Crippen LogP contribution in [0.3, 0.4) is 0 Å². The third-order valence-corrected chi connectivity index (χ3v) is 4.92. The van der Waals surface area contributed by atoms with Crippen molar-refractivity contribution in [1.82, 2.24) is 15.1 Å². The normalized spacial score (nSPS) is 16.2. The standard InChI is InChI=1S/C22H25N3O3.H3NO2S/c1-26-19-7-3-16(4-8-19)13-18-15-25(22-23-11-12-28-22)24-21(18)14-17-5-9-20(27-2)10-6-17;1-4(2)3/h3-10,15,22-23H,11-14H2,1-2H3;1H2,(H,2,3)/p-1. The van der Waals surface area contributed by atoms with E-state index in [0.29, 0.717) is 6.61 Å². The molecule has 0 amide bonds. The molecule has 1 aliphatic heterocycles. The average molecular weight is 460 g/mol. The highest BCUT2D eigenvalue weighted by atomic mass is 32.2. The van der Waals surface area contributed by atoms with Gasteiger partial charge in [-0.05, 0) is 41.0 Å². The smallest absolute Gasteiger partial charge is 0.206 e. The first-order valence-electron chi connectivity index (χ1n) is 10.00. The molecule has 1 aromatic heterocycles. The second-order valence-electron chi connectivity index (χ2n) is 7.07. The first kappa shape index (κ1) is 23.9. The van der Waals surface area contributed by atoms with E-state index < -0.39 is 11.3 Å². The van der Waals surface area contributed by atoms with Crippen molar-refractivity contribution in [3.05, 3.63) is 77.1 Å². The molecule has 0 bridgehead atoms. The monoisotopic (exact) mass is 459 g/mol. The molecule has 32 heavy (non-hydrogen) atoms. The maximum atomic E-state index is 8.78. The molecule has 9 nitrogen and oxygen atoms in total. The first-order chi connectivity index (χ1) is 15.5. The summed E-state index contributed by atoms with van der Waals surface area (Å²) >= 11 is -2.36. The molecule has 2 heterocycles. The fourth-order valence-electron chi connectivity index (χ4n) is 3.37. The quantitative estimate of drug-likeness (QED) is 0.517. The van der Waals surface area contributed by atoms with Crippen molar-refractivity contribution in [3.8, 4) is 11.5 Å². The van der Waals surface area contributed by atoms with E-state index in [9.17, 15) is 0 Å². The number of aromatic nitrogens is 2. The van der Waals surface area contributed by atoms with Crippen molar-refractivity contribution >= 4 is 11.3 Å². The molecule has 1 aliphatic rings. The third kappa shape index (κ3) is 6.87. The van der Waals surface area contributed by atoms with Crippen LogP contribution >= 0.6 is 0 Å². The van der Waals surface area contributed by atoms with Crippen molar-refractivity contribution in [1.29, 1.82) is 0 Å². The number of benzene rings is 2. The molecular formula is C22H27N4O5S-. The highest BCUT2D eigenvalue weighted by molar-refractivity contribution is 7.76. The van der Waals surface area contributed by atoms with Gasteiger partial charge in [-0.1, -0.05) is 24.3 Å². The number of nitrogens with one attached hydrogen (secondary N) is 1. The molecule has 172 valence electrons. The summed E-state index contributed by atoms with van der Waals surface area (Å²) in [5.74, 6) is 1.72. The number of hydrogen-bond donors (Lipinski definition) is 2. The summed E-state index contributed by atoms with van der Waals surface area (Å²) in [5, 5.41) is 12.2. The van der Waals surface area contributed by atoms with Gasteiger partial charge >= 0.3 is 0 Å². The molecule has 10 heteroatoms. The van der Waals surface area contributed by atoms with Crippen LogP contribution in [0.4, 0.5) is 0 Å². The summed E-state index contributed by atoms with van der Waals surface area (Å²) in [6, 6.07) is 16.3. The summed E-state index contributed by atoms with van der Waals surface area (Å²) in [4.78, 5) is 0. The van der Waals surface area contributed by atoms with Crippen LogP contribution in [0.1, 0.15) is 28.7 Å². The molecule has 0 saturated carbocycles. The van der Waals surface area contributed by atoms with E-state index >= 15 is 0 Å². The Kier molecular flexibility index (Phi) is 8.77. The minimum Gasteiger partial charge on any atom is -0.760 e. The van der Waals surface area contributed by atoms with Gasteiger partial charge in [0.1, 0.15) is 11.5 Å². The SMILES string of the molecule is COc1ccc(Cc2cn(C3NCCO3)nc2Cc2ccc(OC)cc2)cc1.NS(=O)[O-]. The second-order valence-corrected chi connectivity index (χ2v) is 7.59. The summed E-state index contributed by atoms with van der Waals surface area (Å²) in [5.41, 5.74) is 4.66. The van der Waals surface area contributed by atoms with Crippen LogP contribution in [0.25, 0.3) is 0 Å². The van der Waals surface area contributed by atoms with Crippen LogP contribution in [0.5, 0.6) is 11.5 Å². The second kappa shape index (κ2) is 11.7. The molecule has 3 aromatic rings. The van der Waals surface area contributed by atoms with Crippen LogP contribution in [-0.2, 0) is 28.8 Å². The molecule has 2 atom stereocenters. The Bertz CT molecular complexity index is 931. The van der Waals surface area contributed by atoms with Gasteiger partial charge in [-0.25, -0.2) is 4.68 Å². The van der Waals surface area contributed by atoms with E-state index in [2.05, 4.69) is 40.9 Å². The van der Waals surface area contributed by atoms with Gasteiger partial charge in [0.05, 0.1) is 26.5 Å². The van der Waals surface area contributed by atoms with Crippen molar-refractivity contribution < 1.29 is 23.0 Å². The predicted octanol–water partition coefficient (Wildman–Crippen LogP) is 1.90. The molecule has 0 spiro atoms. The number of nitrogens with two attached hydrogens (primary N) is 1. The lowest BCUT2D eigenvalue weighted by molar-refractivity contribution is 0.0340. The molecule has 1 fully saturated rings. The van der Waals surface area contributed by atoms with Crippen LogP contribution in [0, 0.1) is 0 Å². The van der Waals surface area contributed by atoms with Gasteiger partial charge in [0, 0.05) is 36.8 Å². The van der Waals surface area contributed by atoms with E-state index in [0.717, 1.165) is 36.6 Å². The van der Waals surface area contributed by atoms with Crippen LogP contribution < -0.4 is 19.9 Å². The molecule has 1 saturated heterocycles. The van der Waals surface area contributed by atoms with Gasteiger partial charge in [0.15, 0.2) is 0 Å². The zero-order valence-corrected chi connectivity index (χ0v) is 18.8. The van der Waals surface area contributed by atoms with E-state index in [-0.39, 0.29) is 6.35 Å². The van der Waals surface area contributed by atoms with Crippen LogP contribution in [-0.4, -0.2) is 45.9 Å². The van der Waals surface area contributed by atoms with Crippen LogP contribution in [0.2, 0.25) is 0 Å². The molecule has 2 unspecified atom stereocenters. The first-order valence-corrected chi connectivity index (χ1v) is 11.1. The van der Waals surface area contributed by atoms with Gasteiger partial charge in [-0.15, -0.1) is 0 Å². The molecule has 0 radical (unpaired) electrons. The Morgan fingerprint density at radius 1 is 1.09 bits per heavy atom. The van der Waals surface area contributed by atoms with Gasteiger partial charge in [-0.2, -0.15) is 5.10 Å². The molecule has 2 aromatic carbocycles. The summed E-state index contributed by atoms with van der Waals surface area (Å²) in [6.45, 7) is 1.54. The fraction of sp³-hybridized carbons (Fsp3) is 0.318. The highest BCUT2D eigenvalue weighted by Gasteiger charge is 2.20. The number of ether oxygens (including phenoxy) is 3. The highest BCUT2D eigenvalue weighted by Crippen LogP contribution is 2.22. The Morgan fingerprint density at radius 2 is 1.62 bits per heavy atom. The zero-order chi connectivity index (χ0) is 22.9. The molecule has 4 rings (SSSR count). The van der Waals surface area contributed by atoms with Gasteiger partial charge in [-0.3, -0.25) is 14.7 Å². The van der Waals surface area contributed by atoms with Crippen molar-refractivity contribution in [2.24, 2.45) is 5.14 Å². The number of methoxy groups -OCH3 is 2. The van der Waals surface area contributed by atoms with Crippen molar-refractivity contribution in [3.63, 3.8) is 0 Å². The maximum Gasteiger partial charge on any atom is 0.206 e. The summed E-state index contributed by atoms with van der Waals surface area (Å²) in [6.07, 6.45) is 3.46. The number of hydrogen-bond acceptors (Lipinski definition) is 7. The lowest BCUT2D eigenvalue weighted by Crippen LogP contribution is -2.21. The van der Waals surface area contributed by atoms with E-state index in [1.807, 2.05) is 28.9 Å². The van der Waals surface area contributed by atoms with Gasteiger partial charge in [0.2, 0.25) is 6.35 Å². The van der Waals surface area contributed by atoms with Crippen molar-refractivity contribution in [2.75, 3.05) is 27.4 Å². The van der Waals surface area contributed by atoms with E-state index in [4.69, 9.17) is 28.1 Å². The van der Waals surface area contributed by atoms with Gasteiger partial charge < -0.3 is 18.8 Å². The fourth-order valence-corrected chi connectivity index (χ4v) is 3.37. The Labute approximate surface area is 189 Å². The van der Waals surface area contributed by atoms with Crippen LogP contribution in [0.15, 0.2) is 54.7 Å². The van der Waals surface area contributed by atoms with E-state index in [1.54, 1.807) is 14.2 Å². The summed E-state index contributed by atoms with van der Waals surface area (Å²) < 4.78 is 35.7. The Balaban J connectivity index is 0.000000668. The average Bonchev–Trinajstić information content (AvgIpc) is 3.45. The molecule has 0 aliphatic carbocycles. The topological polar surface area (TPSA) is 124 Å². The number of nitrogens with zero attached hydrogens (tertiary/aromatic N) is 2. The Morgan fingerprint density at radius 3 is 2.09 bits per heavy atom. The van der Waals surface area contributed by atoms with Gasteiger partial charge in [0.25, 0.3) is 0 Å². The number of rotatable bonds is 7. The maximum absolute atomic E-state index is 8.78. The Hall–Kier alpha value is -2.76. The molecular weight excluding hydrogens is 432 g/mol. The lowest BCUT2D eigenvalue weighted by Gasteiger charge is -2.09. The minimum absolute atomic E-state index is 0.195. The van der Waals surface area contributed by atoms with E-state index in [1.165, 1.54) is 16.7 Å².